The maximum Gasteiger partial charge on any atom is 0.326 e. The third kappa shape index (κ3) is 4.72. The minimum atomic E-state index is -3.93. The van der Waals surface area contributed by atoms with Gasteiger partial charge in [-0.25, -0.2) is 0 Å². The number of hydrogen-bond donors (Lipinski definition) is 2. The summed E-state index contributed by atoms with van der Waals surface area (Å²) in [6.07, 6.45) is -0.109. The third-order valence-electron chi connectivity index (χ3n) is 1.39. The van der Waals surface area contributed by atoms with Crippen molar-refractivity contribution in [3.05, 3.63) is 0 Å². The van der Waals surface area contributed by atoms with Gasteiger partial charge < -0.3 is 9.79 Å². The number of rotatable bonds is 5. The van der Waals surface area contributed by atoms with Crippen LogP contribution < -0.4 is 0 Å². The molecule has 0 unspecified atom stereocenters. The van der Waals surface area contributed by atoms with Crippen LogP contribution in [-0.2, 0) is 4.57 Å². The van der Waals surface area contributed by atoms with Crippen molar-refractivity contribution >= 4 is 55.4 Å². The average molecular weight is 389 g/mol. The van der Waals surface area contributed by atoms with E-state index in [0.29, 0.717) is 16.0 Å². The Morgan fingerprint density at radius 2 is 1.42 bits per heavy atom. The Labute approximate surface area is 96.9 Å². The molecule has 7 heteroatoms. The summed E-state index contributed by atoms with van der Waals surface area (Å²) in [4.78, 5) is 17.6. The lowest BCUT2D eigenvalue weighted by molar-refractivity contribution is 0.350. The standard InChI is InChI=1S/C5H10Br3O3P/c6-1-5(2-7,3-8)4-12(9,10)11/h1-4H2,(H2,9,10,11). The molecular formula is C5H10Br3O3P. The average Bonchev–Trinajstić information content (AvgIpc) is 1.99. The summed E-state index contributed by atoms with van der Waals surface area (Å²) in [5.74, 6) is 0. The summed E-state index contributed by atoms with van der Waals surface area (Å²) >= 11 is 9.73. The van der Waals surface area contributed by atoms with Crippen LogP contribution in [0.1, 0.15) is 0 Å². The molecular weight excluding hydrogens is 379 g/mol. The van der Waals surface area contributed by atoms with Crippen molar-refractivity contribution in [2.24, 2.45) is 5.41 Å². The molecule has 0 fully saturated rings. The van der Waals surface area contributed by atoms with Gasteiger partial charge in [-0.3, -0.25) is 4.57 Å². The van der Waals surface area contributed by atoms with Crippen LogP contribution in [0.4, 0.5) is 0 Å². The minimum absolute atomic E-state index is 0.109. The highest BCUT2D eigenvalue weighted by atomic mass is 79.9. The van der Waals surface area contributed by atoms with Crippen molar-refractivity contribution in [3.63, 3.8) is 0 Å². The van der Waals surface area contributed by atoms with Crippen molar-refractivity contribution in [1.82, 2.24) is 0 Å². The first-order chi connectivity index (χ1) is 5.39. The molecule has 0 rings (SSSR count). The maximum atomic E-state index is 10.8. The van der Waals surface area contributed by atoms with Crippen molar-refractivity contribution in [1.29, 1.82) is 0 Å². The van der Waals surface area contributed by atoms with Gasteiger partial charge in [-0.2, -0.15) is 0 Å². The zero-order chi connectivity index (χ0) is 9.83. The Morgan fingerprint density at radius 1 is 1.08 bits per heavy atom. The lowest BCUT2D eigenvalue weighted by Crippen LogP contribution is -2.31. The molecule has 0 heterocycles. The third-order valence-corrected chi connectivity index (χ3v) is 6.04. The van der Waals surface area contributed by atoms with E-state index in [1.807, 2.05) is 0 Å². The second-order valence-electron chi connectivity index (χ2n) is 2.72. The number of hydrogen-bond acceptors (Lipinski definition) is 1. The summed E-state index contributed by atoms with van der Waals surface area (Å²) in [5.41, 5.74) is -0.404. The molecule has 0 aliphatic carbocycles. The first kappa shape index (κ1) is 13.6. The summed E-state index contributed by atoms with van der Waals surface area (Å²) in [6, 6.07) is 0. The Hall–Kier alpha value is 1.59. The van der Waals surface area contributed by atoms with E-state index in [1.54, 1.807) is 0 Å². The summed E-state index contributed by atoms with van der Waals surface area (Å²) < 4.78 is 10.8. The Bertz CT molecular complexity index is 169. The molecule has 0 saturated heterocycles. The largest absolute Gasteiger partial charge is 0.326 e. The van der Waals surface area contributed by atoms with E-state index in [0.717, 1.165) is 0 Å². The van der Waals surface area contributed by atoms with Crippen LogP contribution in [0.5, 0.6) is 0 Å². The fourth-order valence-corrected chi connectivity index (χ4v) is 6.18. The first-order valence-corrected chi connectivity index (χ1v) is 8.28. The van der Waals surface area contributed by atoms with Crippen molar-refractivity contribution < 1.29 is 14.4 Å². The van der Waals surface area contributed by atoms with Gasteiger partial charge in [0.25, 0.3) is 0 Å². The molecule has 74 valence electrons. The normalized spacial score (nSPS) is 13.4. The van der Waals surface area contributed by atoms with Crippen LogP contribution in [0.2, 0.25) is 0 Å². The van der Waals surface area contributed by atoms with Gasteiger partial charge in [0.05, 0.1) is 6.16 Å². The second-order valence-corrected chi connectivity index (χ2v) is 6.05. The van der Waals surface area contributed by atoms with Crippen molar-refractivity contribution in [2.45, 2.75) is 0 Å². The molecule has 0 saturated carbocycles. The maximum absolute atomic E-state index is 10.8. The molecule has 0 aromatic rings. The van der Waals surface area contributed by atoms with Gasteiger partial charge in [-0.1, -0.05) is 47.8 Å². The van der Waals surface area contributed by atoms with Crippen molar-refractivity contribution in [3.8, 4) is 0 Å². The SMILES string of the molecule is O=P(O)(O)CC(CBr)(CBr)CBr. The van der Waals surface area contributed by atoms with Crippen LogP contribution in [-0.4, -0.2) is 31.9 Å². The van der Waals surface area contributed by atoms with E-state index in [1.165, 1.54) is 0 Å². The van der Waals surface area contributed by atoms with E-state index in [-0.39, 0.29) is 6.16 Å². The monoisotopic (exact) mass is 386 g/mol. The molecule has 0 spiro atoms. The topological polar surface area (TPSA) is 57.5 Å². The van der Waals surface area contributed by atoms with Crippen LogP contribution in [0.25, 0.3) is 0 Å². The Morgan fingerprint density at radius 3 is 1.50 bits per heavy atom. The molecule has 0 atom stereocenters. The molecule has 0 aromatic carbocycles. The van der Waals surface area contributed by atoms with E-state index in [9.17, 15) is 4.57 Å². The predicted octanol–water partition coefficient (Wildman–Crippen LogP) is 2.34. The van der Waals surface area contributed by atoms with Crippen LogP contribution in [0.3, 0.4) is 0 Å². The van der Waals surface area contributed by atoms with Gasteiger partial charge in [0.15, 0.2) is 0 Å². The van der Waals surface area contributed by atoms with E-state index >= 15 is 0 Å². The fourth-order valence-electron chi connectivity index (χ4n) is 0.671. The highest BCUT2D eigenvalue weighted by molar-refractivity contribution is 9.10. The molecule has 0 aromatic heterocycles. The molecule has 12 heavy (non-hydrogen) atoms. The summed E-state index contributed by atoms with van der Waals surface area (Å²) in [7, 11) is -3.93. The highest BCUT2D eigenvalue weighted by Crippen LogP contribution is 2.44. The molecule has 3 nitrogen and oxygen atoms in total. The predicted molar refractivity (Wildman–Crippen MR) is 60.7 cm³/mol. The van der Waals surface area contributed by atoms with E-state index in [4.69, 9.17) is 9.79 Å². The van der Waals surface area contributed by atoms with Gasteiger partial charge in [0.2, 0.25) is 0 Å². The van der Waals surface area contributed by atoms with Gasteiger partial charge >= 0.3 is 7.60 Å². The molecule has 0 aliphatic rings. The smallest absolute Gasteiger partial charge is 0.324 e. The summed E-state index contributed by atoms with van der Waals surface area (Å²) in [6.45, 7) is 0. The van der Waals surface area contributed by atoms with Crippen LogP contribution >= 0.6 is 55.4 Å². The highest BCUT2D eigenvalue weighted by Gasteiger charge is 2.34. The van der Waals surface area contributed by atoms with Crippen LogP contribution in [0, 0.1) is 5.41 Å². The number of halogens is 3. The molecule has 0 aliphatic heterocycles. The second kappa shape index (κ2) is 5.47. The minimum Gasteiger partial charge on any atom is -0.324 e. The number of alkyl halides is 3. The Balaban J connectivity index is 4.41. The lowest BCUT2D eigenvalue weighted by Gasteiger charge is -2.27. The first-order valence-electron chi connectivity index (χ1n) is 3.11. The van der Waals surface area contributed by atoms with E-state index < -0.39 is 13.0 Å². The molecule has 0 radical (unpaired) electrons. The molecule has 0 bridgehead atoms. The van der Waals surface area contributed by atoms with Gasteiger partial charge in [0, 0.05) is 21.4 Å². The Kier molecular flexibility index (Phi) is 6.19. The zero-order valence-corrected chi connectivity index (χ0v) is 11.9. The van der Waals surface area contributed by atoms with Gasteiger partial charge in [-0.15, -0.1) is 0 Å². The van der Waals surface area contributed by atoms with Gasteiger partial charge in [-0.05, 0) is 0 Å². The zero-order valence-electron chi connectivity index (χ0n) is 6.21. The van der Waals surface area contributed by atoms with E-state index in [2.05, 4.69) is 47.8 Å². The van der Waals surface area contributed by atoms with Gasteiger partial charge in [0.1, 0.15) is 0 Å². The fraction of sp³-hybridized carbons (Fsp3) is 1.00. The summed E-state index contributed by atoms with van der Waals surface area (Å²) in [5, 5.41) is 1.67. The van der Waals surface area contributed by atoms with Crippen molar-refractivity contribution in [2.75, 3.05) is 22.2 Å². The quantitative estimate of drug-likeness (QED) is 0.561. The lowest BCUT2D eigenvalue weighted by atomic mass is 10.0. The molecule has 2 N–H and O–H groups in total. The van der Waals surface area contributed by atoms with Crippen LogP contribution in [0.15, 0.2) is 0 Å². The molecule has 0 amide bonds.